The van der Waals surface area contributed by atoms with Gasteiger partial charge in [-0.05, 0) is 51.7 Å². The van der Waals surface area contributed by atoms with Crippen molar-refractivity contribution in [2.45, 2.75) is 64.5 Å². The van der Waals surface area contributed by atoms with Crippen LogP contribution in [0.25, 0.3) is 0 Å². The van der Waals surface area contributed by atoms with E-state index in [0.29, 0.717) is 6.04 Å². The first-order chi connectivity index (χ1) is 9.13. The van der Waals surface area contributed by atoms with Crippen LogP contribution in [0.2, 0.25) is 0 Å². The van der Waals surface area contributed by atoms with Gasteiger partial charge in [-0.2, -0.15) is 0 Å². The minimum absolute atomic E-state index is 0.0870. The van der Waals surface area contributed by atoms with E-state index >= 15 is 0 Å². The zero-order chi connectivity index (χ0) is 14.3. The molecule has 1 aliphatic rings. The average Bonchev–Trinajstić information content (AvgIpc) is 2.87. The molecule has 1 aliphatic carbocycles. The van der Waals surface area contributed by atoms with Crippen molar-refractivity contribution in [3.05, 3.63) is 0 Å². The second-order valence-corrected chi connectivity index (χ2v) is 5.53. The fraction of sp³-hybridized carbons (Fsp3) is 0.933. The van der Waals surface area contributed by atoms with Gasteiger partial charge in [-0.25, -0.2) is 0 Å². The molecule has 0 aromatic carbocycles. The molecule has 19 heavy (non-hydrogen) atoms. The number of nitrogens with one attached hydrogen (secondary N) is 1. The largest absolute Gasteiger partial charge is 0.468 e. The predicted octanol–water partition coefficient (Wildman–Crippen LogP) is 2.18. The van der Waals surface area contributed by atoms with Gasteiger partial charge in [0, 0.05) is 6.04 Å². The minimum atomic E-state index is -0.448. The SMILES string of the molecule is CCCNC1(C(=O)OC)CCC(N(CC)CCC)C1. The lowest BCUT2D eigenvalue weighted by Crippen LogP contribution is -2.52. The summed E-state index contributed by atoms with van der Waals surface area (Å²) in [5.41, 5.74) is -0.448. The first-order valence-corrected chi connectivity index (χ1v) is 7.71. The highest BCUT2D eigenvalue weighted by Gasteiger charge is 2.46. The van der Waals surface area contributed by atoms with Gasteiger partial charge in [0.2, 0.25) is 0 Å². The van der Waals surface area contributed by atoms with Crippen molar-refractivity contribution in [2.24, 2.45) is 0 Å². The Morgan fingerprint density at radius 2 is 2.11 bits per heavy atom. The summed E-state index contributed by atoms with van der Waals surface area (Å²) in [5, 5.41) is 3.45. The van der Waals surface area contributed by atoms with Crippen molar-refractivity contribution < 1.29 is 9.53 Å². The smallest absolute Gasteiger partial charge is 0.326 e. The van der Waals surface area contributed by atoms with Gasteiger partial charge in [0.05, 0.1) is 7.11 Å². The average molecular weight is 270 g/mol. The Labute approximate surface area is 117 Å². The number of methoxy groups -OCH3 is 1. The Bertz CT molecular complexity index is 283. The summed E-state index contributed by atoms with van der Waals surface area (Å²) in [7, 11) is 1.49. The van der Waals surface area contributed by atoms with E-state index in [-0.39, 0.29) is 5.97 Å². The molecule has 4 heteroatoms. The topological polar surface area (TPSA) is 41.6 Å². The number of ether oxygens (including phenoxy) is 1. The van der Waals surface area contributed by atoms with Crippen LogP contribution < -0.4 is 5.32 Å². The van der Waals surface area contributed by atoms with Crippen LogP contribution in [0.4, 0.5) is 0 Å². The third-order valence-electron chi connectivity index (χ3n) is 4.21. The second kappa shape index (κ2) is 7.85. The quantitative estimate of drug-likeness (QED) is 0.686. The molecular weight excluding hydrogens is 240 g/mol. The Hall–Kier alpha value is -0.610. The molecule has 1 N–H and O–H groups in total. The number of hydrogen-bond donors (Lipinski definition) is 1. The summed E-state index contributed by atoms with van der Waals surface area (Å²) in [6.07, 6.45) is 5.06. The third-order valence-corrected chi connectivity index (χ3v) is 4.21. The number of esters is 1. The standard InChI is InChI=1S/C15H30N2O2/c1-5-10-16-15(14(18)19-4)9-8-13(12-15)17(7-3)11-6-2/h13,16H,5-12H2,1-4H3. The van der Waals surface area contributed by atoms with Gasteiger partial charge in [-0.1, -0.05) is 20.8 Å². The minimum Gasteiger partial charge on any atom is -0.468 e. The number of carbonyl (C=O) groups excluding carboxylic acids is 1. The van der Waals surface area contributed by atoms with Gasteiger partial charge in [0.15, 0.2) is 0 Å². The molecule has 1 saturated carbocycles. The normalized spacial score (nSPS) is 26.9. The molecule has 2 unspecified atom stereocenters. The van der Waals surface area contributed by atoms with Crippen LogP contribution >= 0.6 is 0 Å². The van der Waals surface area contributed by atoms with Gasteiger partial charge in [0.1, 0.15) is 5.54 Å². The van der Waals surface area contributed by atoms with E-state index in [2.05, 4.69) is 31.0 Å². The van der Waals surface area contributed by atoms with Gasteiger partial charge in [-0.15, -0.1) is 0 Å². The molecule has 0 aliphatic heterocycles. The fourth-order valence-corrected chi connectivity index (χ4v) is 3.19. The van der Waals surface area contributed by atoms with E-state index in [1.165, 1.54) is 7.11 Å². The van der Waals surface area contributed by atoms with Gasteiger partial charge in [0.25, 0.3) is 0 Å². The number of carbonyl (C=O) groups is 1. The summed E-state index contributed by atoms with van der Waals surface area (Å²) >= 11 is 0. The van der Waals surface area contributed by atoms with Crippen LogP contribution in [-0.2, 0) is 9.53 Å². The lowest BCUT2D eigenvalue weighted by atomic mass is 9.97. The van der Waals surface area contributed by atoms with E-state index < -0.39 is 5.54 Å². The maximum absolute atomic E-state index is 12.2. The van der Waals surface area contributed by atoms with Crippen LogP contribution in [0.1, 0.15) is 52.9 Å². The first-order valence-electron chi connectivity index (χ1n) is 7.71. The molecule has 0 heterocycles. The maximum Gasteiger partial charge on any atom is 0.326 e. The molecule has 0 radical (unpaired) electrons. The Morgan fingerprint density at radius 3 is 2.63 bits per heavy atom. The molecule has 1 rings (SSSR count). The molecule has 0 spiro atoms. The Kier molecular flexibility index (Phi) is 6.80. The van der Waals surface area contributed by atoms with E-state index in [0.717, 1.165) is 51.7 Å². The van der Waals surface area contributed by atoms with E-state index in [9.17, 15) is 4.79 Å². The summed E-state index contributed by atoms with van der Waals surface area (Å²) in [5.74, 6) is -0.0870. The van der Waals surface area contributed by atoms with Gasteiger partial charge >= 0.3 is 5.97 Å². The van der Waals surface area contributed by atoms with Crippen molar-refractivity contribution >= 4 is 5.97 Å². The number of nitrogens with zero attached hydrogens (tertiary/aromatic N) is 1. The summed E-state index contributed by atoms with van der Waals surface area (Å²) < 4.78 is 5.04. The molecule has 2 atom stereocenters. The van der Waals surface area contributed by atoms with E-state index in [4.69, 9.17) is 4.74 Å². The molecule has 0 amide bonds. The molecule has 1 fully saturated rings. The zero-order valence-electron chi connectivity index (χ0n) is 13.0. The van der Waals surface area contributed by atoms with Crippen molar-refractivity contribution in [3.8, 4) is 0 Å². The predicted molar refractivity (Wildman–Crippen MR) is 78.2 cm³/mol. The number of hydrogen-bond acceptors (Lipinski definition) is 4. The van der Waals surface area contributed by atoms with Crippen molar-refractivity contribution in [2.75, 3.05) is 26.7 Å². The molecule has 0 bridgehead atoms. The summed E-state index contributed by atoms with van der Waals surface area (Å²) in [6.45, 7) is 9.59. The van der Waals surface area contributed by atoms with Crippen LogP contribution in [-0.4, -0.2) is 49.2 Å². The van der Waals surface area contributed by atoms with Crippen LogP contribution in [0.3, 0.4) is 0 Å². The first kappa shape index (κ1) is 16.4. The Balaban J connectivity index is 2.72. The molecule has 112 valence electrons. The lowest BCUT2D eigenvalue weighted by Gasteiger charge is -2.31. The zero-order valence-corrected chi connectivity index (χ0v) is 13.0. The van der Waals surface area contributed by atoms with Crippen LogP contribution in [0.15, 0.2) is 0 Å². The van der Waals surface area contributed by atoms with Gasteiger partial charge in [-0.3, -0.25) is 4.79 Å². The highest BCUT2D eigenvalue weighted by atomic mass is 16.5. The van der Waals surface area contributed by atoms with Crippen molar-refractivity contribution in [3.63, 3.8) is 0 Å². The molecule has 4 nitrogen and oxygen atoms in total. The Morgan fingerprint density at radius 1 is 1.37 bits per heavy atom. The third kappa shape index (κ3) is 3.93. The lowest BCUT2D eigenvalue weighted by molar-refractivity contribution is -0.148. The van der Waals surface area contributed by atoms with Crippen molar-refractivity contribution in [1.82, 2.24) is 10.2 Å². The molecule has 0 aromatic rings. The van der Waals surface area contributed by atoms with E-state index in [1.807, 2.05) is 0 Å². The van der Waals surface area contributed by atoms with Gasteiger partial charge < -0.3 is 15.0 Å². The van der Waals surface area contributed by atoms with E-state index in [1.54, 1.807) is 0 Å². The fourth-order valence-electron chi connectivity index (χ4n) is 3.19. The number of rotatable bonds is 8. The molecule has 0 saturated heterocycles. The highest BCUT2D eigenvalue weighted by molar-refractivity contribution is 5.81. The second-order valence-electron chi connectivity index (χ2n) is 5.53. The van der Waals surface area contributed by atoms with Crippen LogP contribution in [0.5, 0.6) is 0 Å². The van der Waals surface area contributed by atoms with Crippen LogP contribution in [0, 0.1) is 0 Å². The maximum atomic E-state index is 12.2. The van der Waals surface area contributed by atoms with Crippen molar-refractivity contribution in [1.29, 1.82) is 0 Å². The highest BCUT2D eigenvalue weighted by Crippen LogP contribution is 2.34. The monoisotopic (exact) mass is 270 g/mol. The summed E-state index contributed by atoms with van der Waals surface area (Å²) in [6, 6.07) is 0.508. The molecular formula is C15H30N2O2. The summed E-state index contributed by atoms with van der Waals surface area (Å²) in [4.78, 5) is 14.7. The molecule has 0 aromatic heterocycles.